The molecule has 0 aliphatic rings. The molecule has 16 N–H and O–H groups in total. The van der Waals surface area contributed by atoms with Gasteiger partial charge in [0.2, 0.25) is 23.6 Å². The second-order valence-electron chi connectivity index (χ2n) is 12.1. The molecule has 4 amide bonds. The fourth-order valence-electron chi connectivity index (χ4n) is 5.01. The van der Waals surface area contributed by atoms with Crippen LogP contribution in [-0.2, 0) is 25.6 Å². The fourth-order valence-corrected chi connectivity index (χ4v) is 5.01. The first-order chi connectivity index (χ1) is 23.5. The first kappa shape index (κ1) is 43.2. The molecule has 49 heavy (non-hydrogen) atoms. The average Bonchev–Trinajstić information content (AvgIpc) is 3.08. The van der Waals surface area contributed by atoms with Crippen LogP contribution < -0.4 is 50.4 Å². The number of unbranched alkanes of at least 4 members (excludes halogenated alkanes) is 3. The molecule has 0 saturated carbocycles. The van der Waals surface area contributed by atoms with E-state index in [0.29, 0.717) is 89.9 Å². The summed E-state index contributed by atoms with van der Waals surface area (Å²) in [7, 11) is 0. The lowest BCUT2D eigenvalue weighted by Gasteiger charge is -2.26. The Hall–Kier alpha value is -3.83. The number of hydrogen-bond donors (Lipinski definition) is 10. The minimum absolute atomic E-state index is 0.0253. The van der Waals surface area contributed by atoms with E-state index < -0.39 is 30.6 Å². The fraction of sp³-hybridized carbons (Fsp3) is 0.667. The van der Waals surface area contributed by atoms with Crippen LogP contribution in [-0.4, -0.2) is 104 Å². The Balaban J connectivity index is 2.48. The highest BCUT2D eigenvalue weighted by molar-refractivity contribution is 5.87. The second-order valence-corrected chi connectivity index (χ2v) is 12.1. The van der Waals surface area contributed by atoms with Gasteiger partial charge in [-0.15, -0.1) is 0 Å². The van der Waals surface area contributed by atoms with Gasteiger partial charge >= 0.3 is 0 Å². The maximum Gasteiger partial charge on any atom is 0.244 e. The summed E-state index contributed by atoms with van der Waals surface area (Å²) in [6.45, 7) is 2.04. The SMILES string of the molecule is NCCCC[C@H](N)C(=O)NCCCN(CCCCNC(=O)[C@H](CO)NC(=O)CCCc1ccc(N=C(N)N)cc1)C(=O)[C@@H](N)CCCCN. The standard InChI is InChI=1S/C33H61N11O5/c34-17-3-1-10-26(36)30(47)40-20-8-22-44(32(49)27(37)11-2-4-18-35)21-6-5-19-41-31(48)28(23-45)43-29(46)12-7-9-24-13-15-25(16-14-24)42-33(38)39/h13-16,26-28,45H,1-12,17-23,34-37H2,(H,40,47)(H,41,48)(H,43,46)(H4,38,39,42)/t26-,27-,28-/m0/s1. The van der Waals surface area contributed by atoms with E-state index in [1.54, 1.807) is 17.0 Å². The zero-order valence-electron chi connectivity index (χ0n) is 28.9. The van der Waals surface area contributed by atoms with Gasteiger partial charge in [0, 0.05) is 32.6 Å². The summed E-state index contributed by atoms with van der Waals surface area (Å²) in [6, 6.07) is 5.00. The predicted octanol–water partition coefficient (Wildman–Crippen LogP) is -1.46. The molecule has 0 fully saturated rings. The smallest absolute Gasteiger partial charge is 0.244 e. The Bertz CT molecular complexity index is 1130. The zero-order valence-corrected chi connectivity index (χ0v) is 28.9. The van der Waals surface area contributed by atoms with Crippen LogP contribution in [0.4, 0.5) is 5.69 Å². The van der Waals surface area contributed by atoms with Crippen molar-refractivity contribution in [3.63, 3.8) is 0 Å². The topological polar surface area (TPSA) is 296 Å². The summed E-state index contributed by atoms with van der Waals surface area (Å²) in [4.78, 5) is 56.1. The Morgan fingerprint density at radius 1 is 0.755 bits per heavy atom. The van der Waals surface area contributed by atoms with Crippen molar-refractivity contribution in [2.24, 2.45) is 39.4 Å². The summed E-state index contributed by atoms with van der Waals surface area (Å²) in [5.74, 6) is -1.25. The molecule has 3 atom stereocenters. The number of carbonyl (C=O) groups excluding carboxylic acids is 4. The molecule has 16 heteroatoms. The summed E-state index contributed by atoms with van der Waals surface area (Å²) < 4.78 is 0. The number of amides is 4. The van der Waals surface area contributed by atoms with E-state index in [1.807, 2.05) is 12.1 Å². The first-order valence-corrected chi connectivity index (χ1v) is 17.4. The molecule has 278 valence electrons. The van der Waals surface area contributed by atoms with Crippen LogP contribution in [0.1, 0.15) is 76.2 Å². The van der Waals surface area contributed by atoms with E-state index in [1.165, 1.54) is 0 Å². The third-order valence-corrected chi connectivity index (χ3v) is 7.86. The van der Waals surface area contributed by atoms with E-state index in [-0.39, 0.29) is 30.1 Å². The molecule has 1 rings (SSSR count). The number of nitrogens with zero attached hydrogens (tertiary/aromatic N) is 2. The van der Waals surface area contributed by atoms with Crippen LogP contribution in [0, 0.1) is 0 Å². The predicted molar refractivity (Wildman–Crippen MR) is 192 cm³/mol. The van der Waals surface area contributed by atoms with Crippen molar-refractivity contribution in [3.8, 4) is 0 Å². The molecule has 0 heterocycles. The van der Waals surface area contributed by atoms with E-state index in [2.05, 4.69) is 20.9 Å². The molecule has 1 aromatic rings. The number of hydrogen-bond acceptors (Lipinski definition) is 10. The van der Waals surface area contributed by atoms with E-state index in [0.717, 1.165) is 31.2 Å². The number of nitrogens with two attached hydrogens (primary N) is 6. The lowest BCUT2D eigenvalue weighted by atomic mass is 10.1. The third kappa shape index (κ3) is 19.7. The highest BCUT2D eigenvalue weighted by Gasteiger charge is 2.22. The van der Waals surface area contributed by atoms with Crippen LogP contribution in [0.15, 0.2) is 29.3 Å². The van der Waals surface area contributed by atoms with Gasteiger partial charge in [-0.25, -0.2) is 4.99 Å². The molecule has 0 unspecified atom stereocenters. The molecular weight excluding hydrogens is 630 g/mol. The van der Waals surface area contributed by atoms with Crippen molar-refractivity contribution in [1.82, 2.24) is 20.9 Å². The summed E-state index contributed by atoms with van der Waals surface area (Å²) >= 11 is 0. The number of guanidine groups is 1. The highest BCUT2D eigenvalue weighted by atomic mass is 16.3. The zero-order chi connectivity index (χ0) is 36.4. The van der Waals surface area contributed by atoms with Gasteiger partial charge in [0.15, 0.2) is 5.96 Å². The number of nitrogens with one attached hydrogen (secondary N) is 3. The number of aliphatic imine (C=N–C) groups is 1. The van der Waals surface area contributed by atoms with Crippen molar-refractivity contribution < 1.29 is 24.3 Å². The Morgan fingerprint density at radius 3 is 1.96 bits per heavy atom. The van der Waals surface area contributed by atoms with Crippen LogP contribution in [0.5, 0.6) is 0 Å². The highest BCUT2D eigenvalue weighted by Crippen LogP contribution is 2.14. The average molecular weight is 692 g/mol. The normalized spacial score (nSPS) is 12.8. The lowest BCUT2D eigenvalue weighted by Crippen LogP contribution is -2.49. The van der Waals surface area contributed by atoms with Crippen LogP contribution in [0.3, 0.4) is 0 Å². The van der Waals surface area contributed by atoms with E-state index in [9.17, 15) is 24.3 Å². The van der Waals surface area contributed by atoms with Gasteiger partial charge < -0.3 is 60.4 Å². The molecule has 16 nitrogen and oxygen atoms in total. The molecule has 0 saturated heterocycles. The molecule has 0 aliphatic carbocycles. The minimum Gasteiger partial charge on any atom is -0.394 e. The molecular formula is C33H61N11O5. The van der Waals surface area contributed by atoms with Gasteiger partial charge in [0.1, 0.15) is 6.04 Å². The van der Waals surface area contributed by atoms with Crippen molar-refractivity contribution in [2.75, 3.05) is 45.9 Å². The van der Waals surface area contributed by atoms with Crippen molar-refractivity contribution >= 4 is 35.3 Å². The van der Waals surface area contributed by atoms with Gasteiger partial charge in [0.05, 0.1) is 24.4 Å². The van der Waals surface area contributed by atoms with Gasteiger partial charge in [-0.2, -0.15) is 0 Å². The Morgan fingerprint density at radius 2 is 1.35 bits per heavy atom. The monoisotopic (exact) mass is 691 g/mol. The third-order valence-electron chi connectivity index (χ3n) is 7.86. The molecule has 0 spiro atoms. The van der Waals surface area contributed by atoms with Crippen LogP contribution in [0.25, 0.3) is 0 Å². The van der Waals surface area contributed by atoms with E-state index >= 15 is 0 Å². The van der Waals surface area contributed by atoms with Crippen LogP contribution >= 0.6 is 0 Å². The number of rotatable bonds is 27. The molecule has 0 aromatic heterocycles. The number of aliphatic hydroxyl groups is 1. The van der Waals surface area contributed by atoms with Gasteiger partial charge in [-0.05, 0) is 88.6 Å². The summed E-state index contributed by atoms with van der Waals surface area (Å²) in [6.07, 6.45) is 7.27. The van der Waals surface area contributed by atoms with Crippen molar-refractivity contribution in [2.45, 2.75) is 95.2 Å². The first-order valence-electron chi connectivity index (χ1n) is 17.4. The number of benzene rings is 1. The van der Waals surface area contributed by atoms with Crippen LogP contribution in [0.2, 0.25) is 0 Å². The van der Waals surface area contributed by atoms with Crippen molar-refractivity contribution in [3.05, 3.63) is 29.8 Å². The van der Waals surface area contributed by atoms with Gasteiger partial charge in [0.25, 0.3) is 0 Å². The quantitative estimate of drug-likeness (QED) is 0.0289. The summed E-state index contributed by atoms with van der Waals surface area (Å²) in [5, 5.41) is 17.9. The maximum atomic E-state index is 13.1. The number of carbonyl (C=O) groups is 4. The molecule has 1 aromatic carbocycles. The molecule has 0 aliphatic heterocycles. The molecule has 0 radical (unpaired) electrons. The molecule has 0 bridgehead atoms. The summed E-state index contributed by atoms with van der Waals surface area (Å²) in [5.41, 5.74) is 35.6. The number of aliphatic hydroxyl groups excluding tert-OH is 1. The minimum atomic E-state index is -1.07. The Labute approximate surface area is 290 Å². The second kappa shape index (κ2) is 26.1. The number of aryl methyl sites for hydroxylation is 1. The maximum absolute atomic E-state index is 13.1. The Kier molecular flexibility index (Phi) is 23.0. The lowest BCUT2D eigenvalue weighted by molar-refractivity contribution is -0.133. The van der Waals surface area contributed by atoms with Crippen molar-refractivity contribution in [1.29, 1.82) is 0 Å². The van der Waals surface area contributed by atoms with Gasteiger partial charge in [-0.1, -0.05) is 25.0 Å². The van der Waals surface area contributed by atoms with Gasteiger partial charge in [-0.3, -0.25) is 19.2 Å². The van der Waals surface area contributed by atoms with E-state index in [4.69, 9.17) is 34.4 Å². The largest absolute Gasteiger partial charge is 0.394 e.